The second-order valence-electron chi connectivity index (χ2n) is 9.72. The molecular formula is C28H33N3O6. The van der Waals surface area contributed by atoms with Gasteiger partial charge in [-0.3, -0.25) is 19.3 Å². The maximum absolute atomic E-state index is 13.7. The SMILES string of the molecule is Cc1ccc(C(=O)N2CCN(C(=O)Oc3ccccc3)C2C(=O)NC(CC(=O)O)C2CCCCC2)cc1. The van der Waals surface area contributed by atoms with Gasteiger partial charge >= 0.3 is 12.1 Å². The van der Waals surface area contributed by atoms with Crippen molar-refractivity contribution in [2.45, 2.75) is 57.7 Å². The Morgan fingerprint density at radius 1 is 0.946 bits per heavy atom. The molecule has 1 saturated heterocycles. The number of carbonyl (C=O) groups is 4. The molecule has 0 spiro atoms. The Labute approximate surface area is 216 Å². The van der Waals surface area contributed by atoms with Gasteiger partial charge in [0.2, 0.25) is 0 Å². The zero-order chi connectivity index (χ0) is 26.4. The smallest absolute Gasteiger partial charge is 0.417 e. The highest BCUT2D eigenvalue weighted by Gasteiger charge is 2.45. The highest BCUT2D eigenvalue weighted by Crippen LogP contribution is 2.29. The van der Waals surface area contributed by atoms with Crippen LogP contribution in [0.1, 0.15) is 54.4 Å². The Bertz CT molecular complexity index is 1110. The Kier molecular flexibility index (Phi) is 8.43. The minimum atomic E-state index is -1.26. The molecule has 0 bridgehead atoms. The third-order valence-electron chi connectivity index (χ3n) is 7.09. The quantitative estimate of drug-likeness (QED) is 0.589. The maximum atomic E-state index is 13.7. The Hall–Kier alpha value is -3.88. The lowest BCUT2D eigenvalue weighted by Crippen LogP contribution is -2.57. The van der Waals surface area contributed by atoms with Crippen LogP contribution in [0.15, 0.2) is 54.6 Å². The summed E-state index contributed by atoms with van der Waals surface area (Å²) in [6.07, 6.45) is 2.47. The normalized spacial score (nSPS) is 18.8. The molecule has 1 saturated carbocycles. The predicted octanol–water partition coefficient (Wildman–Crippen LogP) is 3.82. The molecule has 2 atom stereocenters. The number of rotatable bonds is 7. The monoisotopic (exact) mass is 507 g/mol. The van der Waals surface area contributed by atoms with Crippen molar-refractivity contribution in [2.24, 2.45) is 5.92 Å². The summed E-state index contributed by atoms with van der Waals surface area (Å²) in [5.74, 6) is -1.63. The minimum absolute atomic E-state index is 0.0289. The number of hydrogen-bond acceptors (Lipinski definition) is 5. The summed E-state index contributed by atoms with van der Waals surface area (Å²) in [7, 11) is 0. The molecule has 0 radical (unpaired) electrons. The summed E-state index contributed by atoms with van der Waals surface area (Å²) < 4.78 is 5.49. The second kappa shape index (κ2) is 11.9. The number of carbonyl (C=O) groups excluding carboxylic acids is 3. The molecule has 1 aliphatic heterocycles. The topological polar surface area (TPSA) is 116 Å². The number of carboxylic acids is 1. The van der Waals surface area contributed by atoms with Crippen LogP contribution in [0.2, 0.25) is 0 Å². The predicted molar refractivity (Wildman–Crippen MR) is 136 cm³/mol. The molecule has 9 heteroatoms. The third-order valence-corrected chi connectivity index (χ3v) is 7.09. The maximum Gasteiger partial charge on any atom is 0.417 e. The van der Waals surface area contributed by atoms with Gasteiger partial charge in [-0.05, 0) is 49.9 Å². The van der Waals surface area contributed by atoms with E-state index in [0.717, 1.165) is 37.7 Å². The second-order valence-corrected chi connectivity index (χ2v) is 9.72. The molecule has 196 valence electrons. The van der Waals surface area contributed by atoms with Crippen molar-refractivity contribution in [2.75, 3.05) is 13.1 Å². The van der Waals surface area contributed by atoms with E-state index < -0.39 is 30.2 Å². The van der Waals surface area contributed by atoms with Crippen molar-refractivity contribution < 1.29 is 29.0 Å². The van der Waals surface area contributed by atoms with Crippen molar-refractivity contribution in [1.29, 1.82) is 0 Å². The van der Waals surface area contributed by atoms with Crippen LogP contribution in [-0.4, -0.2) is 64.1 Å². The average Bonchev–Trinajstić information content (AvgIpc) is 3.35. The van der Waals surface area contributed by atoms with Gasteiger partial charge in [-0.25, -0.2) is 4.79 Å². The first kappa shape index (κ1) is 26.2. The van der Waals surface area contributed by atoms with Crippen LogP contribution in [0, 0.1) is 12.8 Å². The van der Waals surface area contributed by atoms with E-state index in [1.165, 1.54) is 9.80 Å². The van der Waals surface area contributed by atoms with Crippen LogP contribution in [0.3, 0.4) is 0 Å². The van der Waals surface area contributed by atoms with Crippen molar-refractivity contribution in [3.8, 4) is 5.75 Å². The number of amides is 3. The average molecular weight is 508 g/mol. The summed E-state index contributed by atoms with van der Waals surface area (Å²) in [5, 5.41) is 12.4. The molecule has 1 heterocycles. The van der Waals surface area contributed by atoms with Crippen molar-refractivity contribution in [1.82, 2.24) is 15.1 Å². The summed E-state index contributed by atoms with van der Waals surface area (Å²) in [5.41, 5.74) is 1.39. The molecule has 2 aromatic carbocycles. The summed E-state index contributed by atoms with van der Waals surface area (Å²) in [6, 6.07) is 14.9. The van der Waals surface area contributed by atoms with Gasteiger partial charge in [0, 0.05) is 24.7 Å². The number of carboxylic acid groups (broad SMARTS) is 1. The number of nitrogens with one attached hydrogen (secondary N) is 1. The van der Waals surface area contributed by atoms with Crippen LogP contribution in [0.25, 0.3) is 0 Å². The molecule has 3 amide bonds. The molecule has 2 fully saturated rings. The van der Waals surface area contributed by atoms with E-state index in [1.807, 2.05) is 19.1 Å². The number of nitrogens with zero attached hydrogens (tertiary/aromatic N) is 2. The van der Waals surface area contributed by atoms with E-state index in [1.54, 1.807) is 42.5 Å². The van der Waals surface area contributed by atoms with Gasteiger partial charge in [-0.2, -0.15) is 0 Å². The van der Waals surface area contributed by atoms with E-state index in [0.29, 0.717) is 11.3 Å². The van der Waals surface area contributed by atoms with Gasteiger partial charge in [0.05, 0.1) is 6.42 Å². The van der Waals surface area contributed by atoms with Gasteiger partial charge in [-0.1, -0.05) is 55.2 Å². The molecule has 2 aromatic rings. The number of hydrogen-bond donors (Lipinski definition) is 2. The van der Waals surface area contributed by atoms with Crippen LogP contribution in [-0.2, 0) is 9.59 Å². The van der Waals surface area contributed by atoms with Gasteiger partial charge < -0.3 is 20.1 Å². The number of aryl methyl sites for hydroxylation is 1. The summed E-state index contributed by atoms with van der Waals surface area (Å²) in [6.45, 7) is 2.16. The first-order valence-electron chi connectivity index (χ1n) is 12.8. The van der Waals surface area contributed by atoms with E-state index in [4.69, 9.17) is 4.74 Å². The molecule has 2 N–H and O–H groups in total. The van der Waals surface area contributed by atoms with Gasteiger partial charge in [0.25, 0.3) is 11.8 Å². The van der Waals surface area contributed by atoms with Crippen molar-refractivity contribution in [3.63, 3.8) is 0 Å². The molecule has 1 aliphatic carbocycles. The highest BCUT2D eigenvalue weighted by molar-refractivity contribution is 5.99. The Morgan fingerprint density at radius 2 is 1.59 bits per heavy atom. The third kappa shape index (κ3) is 6.47. The van der Waals surface area contributed by atoms with Crippen LogP contribution < -0.4 is 10.1 Å². The number of aliphatic carboxylic acids is 1. The molecule has 37 heavy (non-hydrogen) atoms. The first-order valence-corrected chi connectivity index (χ1v) is 12.8. The lowest BCUT2D eigenvalue weighted by Gasteiger charge is -2.34. The molecule has 2 unspecified atom stereocenters. The lowest BCUT2D eigenvalue weighted by molar-refractivity contribution is -0.138. The van der Waals surface area contributed by atoms with E-state index >= 15 is 0 Å². The molecular weight excluding hydrogens is 474 g/mol. The summed E-state index contributed by atoms with van der Waals surface area (Å²) >= 11 is 0. The number of para-hydroxylation sites is 1. The fourth-order valence-corrected chi connectivity index (χ4v) is 5.14. The fraction of sp³-hybridized carbons (Fsp3) is 0.429. The minimum Gasteiger partial charge on any atom is -0.481 e. The standard InChI is InChI=1S/C28H33N3O6/c1-19-12-14-21(15-13-19)27(35)30-16-17-31(28(36)37-22-10-6-3-7-11-22)26(30)25(34)29-23(18-24(32)33)20-8-4-2-5-9-20/h3,6-7,10-15,20,23,26H,2,4-5,8-9,16-18H2,1H3,(H,29,34)(H,32,33). The molecule has 4 rings (SSSR count). The van der Waals surface area contributed by atoms with Gasteiger partial charge in [0.15, 0.2) is 6.17 Å². The zero-order valence-electron chi connectivity index (χ0n) is 21.0. The Morgan fingerprint density at radius 3 is 2.24 bits per heavy atom. The van der Waals surface area contributed by atoms with Crippen LogP contribution >= 0.6 is 0 Å². The van der Waals surface area contributed by atoms with Crippen molar-refractivity contribution in [3.05, 3.63) is 65.7 Å². The Balaban J connectivity index is 1.59. The van der Waals surface area contributed by atoms with E-state index in [2.05, 4.69) is 5.32 Å². The highest BCUT2D eigenvalue weighted by atomic mass is 16.6. The zero-order valence-corrected chi connectivity index (χ0v) is 21.0. The first-order chi connectivity index (χ1) is 17.8. The molecule has 0 aromatic heterocycles. The largest absolute Gasteiger partial charge is 0.481 e. The van der Waals surface area contributed by atoms with Crippen LogP contribution in [0.4, 0.5) is 4.79 Å². The molecule has 9 nitrogen and oxygen atoms in total. The van der Waals surface area contributed by atoms with Gasteiger partial charge in [0.1, 0.15) is 5.75 Å². The number of ether oxygens (including phenoxy) is 1. The summed E-state index contributed by atoms with van der Waals surface area (Å²) in [4.78, 5) is 54.5. The van der Waals surface area contributed by atoms with Gasteiger partial charge in [-0.15, -0.1) is 0 Å². The number of benzene rings is 2. The molecule has 2 aliphatic rings. The van der Waals surface area contributed by atoms with E-state index in [-0.39, 0.29) is 31.3 Å². The van der Waals surface area contributed by atoms with Crippen LogP contribution in [0.5, 0.6) is 5.75 Å². The lowest BCUT2D eigenvalue weighted by atomic mass is 9.82. The fourth-order valence-electron chi connectivity index (χ4n) is 5.14. The van der Waals surface area contributed by atoms with E-state index in [9.17, 15) is 24.3 Å². The van der Waals surface area contributed by atoms with Crippen molar-refractivity contribution >= 4 is 23.9 Å².